The largest absolute Gasteiger partial charge is 0.314 e. The average Bonchev–Trinajstić information content (AvgIpc) is 2.34. The molecule has 0 aromatic heterocycles. The van der Waals surface area contributed by atoms with Gasteiger partial charge in [-0.2, -0.15) is 0 Å². The molecule has 1 aliphatic rings. The van der Waals surface area contributed by atoms with Crippen molar-refractivity contribution in [1.29, 1.82) is 0 Å². The number of sulfonamides is 1. The third-order valence-corrected chi connectivity index (χ3v) is 5.40. The fourth-order valence-corrected chi connectivity index (χ4v) is 4.20. The van der Waals surface area contributed by atoms with Crippen molar-refractivity contribution in [2.75, 3.05) is 25.4 Å². The topological polar surface area (TPSA) is 49.4 Å². The minimum Gasteiger partial charge on any atom is -0.314 e. The number of hydrogen-bond donors (Lipinski definition) is 1. The molecule has 4 nitrogen and oxygen atoms in total. The standard InChI is InChI=1S/C13H28N2O2S/c1-4-15(11-12(2)3)18(16,17)10-8-13-7-5-6-9-14-13/h12-14H,4-11H2,1-3H3. The molecule has 0 aliphatic carbocycles. The van der Waals surface area contributed by atoms with Crippen molar-refractivity contribution in [1.82, 2.24) is 9.62 Å². The van der Waals surface area contributed by atoms with Crippen LogP contribution in [0.15, 0.2) is 0 Å². The second-order valence-electron chi connectivity index (χ2n) is 5.60. The van der Waals surface area contributed by atoms with Crippen molar-refractivity contribution in [2.45, 2.75) is 52.5 Å². The van der Waals surface area contributed by atoms with Crippen LogP contribution in [0.1, 0.15) is 46.5 Å². The number of nitrogens with zero attached hydrogens (tertiary/aromatic N) is 1. The zero-order valence-corrected chi connectivity index (χ0v) is 12.8. The first kappa shape index (κ1) is 15.9. The van der Waals surface area contributed by atoms with Gasteiger partial charge in [-0.3, -0.25) is 0 Å². The van der Waals surface area contributed by atoms with E-state index in [0.717, 1.165) is 19.4 Å². The summed E-state index contributed by atoms with van der Waals surface area (Å²) in [6.07, 6.45) is 4.31. The van der Waals surface area contributed by atoms with E-state index in [4.69, 9.17) is 0 Å². The molecule has 1 saturated heterocycles. The summed E-state index contributed by atoms with van der Waals surface area (Å²) in [5, 5.41) is 3.41. The highest BCUT2D eigenvalue weighted by Crippen LogP contribution is 2.13. The number of hydrogen-bond acceptors (Lipinski definition) is 3. The summed E-state index contributed by atoms with van der Waals surface area (Å²) < 4.78 is 26.1. The molecule has 1 rings (SSSR count). The molecule has 1 heterocycles. The van der Waals surface area contributed by atoms with Gasteiger partial charge in [-0.05, 0) is 31.7 Å². The molecule has 0 amide bonds. The quantitative estimate of drug-likeness (QED) is 0.772. The highest BCUT2D eigenvalue weighted by atomic mass is 32.2. The van der Waals surface area contributed by atoms with E-state index in [9.17, 15) is 8.42 Å². The maximum absolute atomic E-state index is 12.2. The lowest BCUT2D eigenvalue weighted by Gasteiger charge is -2.26. The van der Waals surface area contributed by atoms with Crippen LogP contribution in [-0.2, 0) is 10.0 Å². The Morgan fingerprint density at radius 3 is 2.56 bits per heavy atom. The Balaban J connectivity index is 2.46. The lowest BCUT2D eigenvalue weighted by Crippen LogP contribution is -2.39. The van der Waals surface area contributed by atoms with Crippen molar-refractivity contribution in [3.05, 3.63) is 0 Å². The van der Waals surface area contributed by atoms with Crippen LogP contribution in [-0.4, -0.2) is 44.2 Å². The van der Waals surface area contributed by atoms with Crippen LogP contribution in [0.2, 0.25) is 0 Å². The molecule has 0 aromatic rings. The van der Waals surface area contributed by atoms with E-state index in [-0.39, 0.29) is 5.75 Å². The van der Waals surface area contributed by atoms with Gasteiger partial charge in [0.1, 0.15) is 0 Å². The molecule has 108 valence electrons. The van der Waals surface area contributed by atoms with Gasteiger partial charge in [0.05, 0.1) is 5.75 Å². The smallest absolute Gasteiger partial charge is 0.214 e. The second kappa shape index (κ2) is 7.46. The summed E-state index contributed by atoms with van der Waals surface area (Å²) in [7, 11) is -3.07. The Hall–Kier alpha value is -0.130. The molecule has 1 fully saturated rings. The highest BCUT2D eigenvalue weighted by molar-refractivity contribution is 7.89. The van der Waals surface area contributed by atoms with Gasteiger partial charge in [0.2, 0.25) is 10.0 Å². The molecule has 1 N–H and O–H groups in total. The van der Waals surface area contributed by atoms with Crippen LogP contribution in [0.5, 0.6) is 0 Å². The fourth-order valence-electron chi connectivity index (χ4n) is 2.44. The first-order chi connectivity index (χ1) is 8.45. The maximum Gasteiger partial charge on any atom is 0.214 e. The van der Waals surface area contributed by atoms with Crippen molar-refractivity contribution in [3.63, 3.8) is 0 Å². The van der Waals surface area contributed by atoms with Gasteiger partial charge in [0.25, 0.3) is 0 Å². The molecule has 0 spiro atoms. The number of piperidine rings is 1. The zero-order chi connectivity index (χ0) is 13.6. The van der Waals surface area contributed by atoms with Crippen LogP contribution in [0.25, 0.3) is 0 Å². The highest BCUT2D eigenvalue weighted by Gasteiger charge is 2.23. The number of rotatable bonds is 7. The summed E-state index contributed by atoms with van der Waals surface area (Å²) in [6, 6.07) is 0.395. The van der Waals surface area contributed by atoms with E-state index in [0.29, 0.717) is 25.0 Å². The SMILES string of the molecule is CCN(CC(C)C)S(=O)(=O)CCC1CCCCN1. The van der Waals surface area contributed by atoms with Crippen molar-refractivity contribution in [3.8, 4) is 0 Å². The van der Waals surface area contributed by atoms with Gasteiger partial charge >= 0.3 is 0 Å². The molecule has 0 radical (unpaired) electrons. The van der Waals surface area contributed by atoms with E-state index in [2.05, 4.69) is 19.2 Å². The molecule has 1 unspecified atom stereocenters. The summed E-state index contributed by atoms with van der Waals surface area (Å²) in [5.74, 6) is 0.665. The van der Waals surface area contributed by atoms with Gasteiger partial charge < -0.3 is 5.32 Å². The summed E-state index contributed by atoms with van der Waals surface area (Å²) in [4.78, 5) is 0. The van der Waals surface area contributed by atoms with E-state index in [1.807, 2.05) is 6.92 Å². The molecule has 5 heteroatoms. The molecule has 0 saturated carbocycles. The zero-order valence-electron chi connectivity index (χ0n) is 12.0. The molecular formula is C13H28N2O2S. The normalized spacial score (nSPS) is 21.7. The molecule has 0 bridgehead atoms. The average molecular weight is 276 g/mol. The Morgan fingerprint density at radius 2 is 2.06 bits per heavy atom. The van der Waals surface area contributed by atoms with E-state index in [1.165, 1.54) is 12.8 Å². The molecule has 1 aliphatic heterocycles. The molecule has 0 aromatic carbocycles. The predicted octanol–water partition coefficient (Wildman–Crippen LogP) is 1.83. The van der Waals surface area contributed by atoms with Gasteiger partial charge in [-0.25, -0.2) is 12.7 Å². The van der Waals surface area contributed by atoms with Gasteiger partial charge in [-0.15, -0.1) is 0 Å². The minimum absolute atomic E-state index is 0.283. The minimum atomic E-state index is -3.07. The Labute approximate surface area is 112 Å². The monoisotopic (exact) mass is 276 g/mol. The van der Waals surface area contributed by atoms with E-state index >= 15 is 0 Å². The van der Waals surface area contributed by atoms with Crippen LogP contribution < -0.4 is 5.32 Å². The summed E-state index contributed by atoms with van der Waals surface area (Å²) >= 11 is 0. The van der Waals surface area contributed by atoms with Gasteiger partial charge in [0, 0.05) is 19.1 Å². The molecule has 18 heavy (non-hydrogen) atoms. The predicted molar refractivity (Wildman–Crippen MR) is 76.1 cm³/mol. The lowest BCUT2D eigenvalue weighted by atomic mass is 10.0. The summed E-state index contributed by atoms with van der Waals surface area (Å²) in [6.45, 7) is 8.28. The van der Waals surface area contributed by atoms with Crippen LogP contribution in [0, 0.1) is 5.92 Å². The third-order valence-electron chi connectivity index (χ3n) is 3.45. The van der Waals surface area contributed by atoms with Crippen LogP contribution in [0.4, 0.5) is 0 Å². The van der Waals surface area contributed by atoms with Crippen molar-refractivity contribution >= 4 is 10.0 Å². The molecular weight excluding hydrogens is 248 g/mol. The Morgan fingerprint density at radius 1 is 1.33 bits per heavy atom. The van der Waals surface area contributed by atoms with E-state index in [1.54, 1.807) is 4.31 Å². The maximum atomic E-state index is 12.2. The number of nitrogens with one attached hydrogen (secondary N) is 1. The van der Waals surface area contributed by atoms with E-state index < -0.39 is 10.0 Å². The second-order valence-corrected chi connectivity index (χ2v) is 7.68. The summed E-state index contributed by atoms with van der Waals surface area (Å²) in [5.41, 5.74) is 0. The van der Waals surface area contributed by atoms with Gasteiger partial charge in [-0.1, -0.05) is 27.2 Å². The first-order valence-corrected chi connectivity index (χ1v) is 8.77. The van der Waals surface area contributed by atoms with Crippen molar-refractivity contribution in [2.24, 2.45) is 5.92 Å². The molecule has 1 atom stereocenters. The Kier molecular flexibility index (Phi) is 6.60. The third kappa shape index (κ3) is 5.24. The Bertz CT molecular complexity index is 322. The first-order valence-electron chi connectivity index (χ1n) is 7.17. The fraction of sp³-hybridized carbons (Fsp3) is 1.00. The van der Waals surface area contributed by atoms with Gasteiger partial charge in [0.15, 0.2) is 0 Å². The van der Waals surface area contributed by atoms with Crippen LogP contribution >= 0.6 is 0 Å². The lowest BCUT2D eigenvalue weighted by molar-refractivity contribution is 0.368. The van der Waals surface area contributed by atoms with Crippen LogP contribution in [0.3, 0.4) is 0 Å². The van der Waals surface area contributed by atoms with Crippen molar-refractivity contribution < 1.29 is 8.42 Å².